The van der Waals surface area contributed by atoms with E-state index in [4.69, 9.17) is 0 Å². The molecule has 4 aromatic rings. The van der Waals surface area contributed by atoms with Crippen LogP contribution < -0.4 is 10.7 Å². The molecule has 0 fully saturated rings. The van der Waals surface area contributed by atoms with Crippen LogP contribution in [-0.2, 0) is 6.54 Å². The molecule has 0 spiro atoms. The third-order valence-corrected chi connectivity index (χ3v) is 4.47. The number of fused-ring (bicyclic) bond motifs is 2. The number of benzene rings is 3. The molecular formula is C21H16FN3O2. The Morgan fingerprint density at radius 2 is 1.85 bits per heavy atom. The molecule has 0 unspecified atom stereocenters. The molecule has 6 heteroatoms. The number of halogens is 1. The van der Waals surface area contributed by atoms with Crippen LogP contribution in [0.15, 0.2) is 65.5 Å². The smallest absolute Gasteiger partial charge is 0.280 e. The van der Waals surface area contributed by atoms with Crippen LogP contribution in [0, 0.1) is 5.82 Å². The Bertz CT molecular complexity index is 1240. The molecule has 1 aromatic heterocycles. The third-order valence-electron chi connectivity index (χ3n) is 4.47. The first kappa shape index (κ1) is 16.9. The zero-order valence-electron chi connectivity index (χ0n) is 14.6. The van der Waals surface area contributed by atoms with Crippen molar-refractivity contribution in [2.24, 2.45) is 0 Å². The highest BCUT2D eigenvalue weighted by atomic mass is 19.1. The van der Waals surface area contributed by atoms with Crippen molar-refractivity contribution in [1.82, 2.24) is 9.78 Å². The van der Waals surface area contributed by atoms with Gasteiger partial charge in [-0.2, -0.15) is 5.10 Å². The van der Waals surface area contributed by atoms with Gasteiger partial charge in [-0.1, -0.05) is 36.4 Å². The van der Waals surface area contributed by atoms with E-state index in [0.717, 1.165) is 16.8 Å². The van der Waals surface area contributed by atoms with Gasteiger partial charge >= 0.3 is 0 Å². The lowest BCUT2D eigenvalue weighted by Gasteiger charge is -2.11. The van der Waals surface area contributed by atoms with Crippen LogP contribution in [-0.4, -0.2) is 15.7 Å². The number of aryl methyl sites for hydroxylation is 1. The summed E-state index contributed by atoms with van der Waals surface area (Å²) < 4.78 is 15.2. The topological polar surface area (TPSA) is 64.0 Å². The van der Waals surface area contributed by atoms with Gasteiger partial charge in [-0.3, -0.25) is 14.3 Å². The number of rotatable bonds is 3. The lowest BCUT2D eigenvalue weighted by Crippen LogP contribution is -2.27. The quantitative estimate of drug-likeness (QED) is 0.601. The van der Waals surface area contributed by atoms with Gasteiger partial charge in [0.1, 0.15) is 5.82 Å². The van der Waals surface area contributed by atoms with Gasteiger partial charge in [0.05, 0.1) is 10.9 Å². The Balaban J connectivity index is 1.83. The molecule has 3 aromatic carbocycles. The highest BCUT2D eigenvalue weighted by Gasteiger charge is 2.18. The molecule has 0 aliphatic rings. The Morgan fingerprint density at radius 1 is 1.07 bits per heavy atom. The van der Waals surface area contributed by atoms with Crippen molar-refractivity contribution in [2.75, 3.05) is 5.32 Å². The molecule has 0 bridgehead atoms. The van der Waals surface area contributed by atoms with Gasteiger partial charge in [0.2, 0.25) is 5.43 Å². The maximum Gasteiger partial charge on any atom is 0.280 e. The predicted molar refractivity (Wildman–Crippen MR) is 104 cm³/mol. The summed E-state index contributed by atoms with van der Waals surface area (Å²) in [5, 5.41) is 8.92. The zero-order valence-corrected chi connectivity index (χ0v) is 14.6. The lowest BCUT2D eigenvalue weighted by atomic mass is 10.1. The van der Waals surface area contributed by atoms with Gasteiger partial charge in [-0.25, -0.2) is 4.39 Å². The molecule has 1 N–H and O–H groups in total. The molecule has 0 saturated carbocycles. The van der Waals surface area contributed by atoms with E-state index < -0.39 is 17.2 Å². The Kier molecular flexibility index (Phi) is 4.16. The molecule has 4 rings (SSSR count). The van der Waals surface area contributed by atoms with Crippen molar-refractivity contribution in [3.05, 3.63) is 82.4 Å². The van der Waals surface area contributed by atoms with E-state index in [0.29, 0.717) is 17.7 Å². The summed E-state index contributed by atoms with van der Waals surface area (Å²) in [5.74, 6) is -1.15. The summed E-state index contributed by atoms with van der Waals surface area (Å²) in [6, 6.07) is 17.0. The van der Waals surface area contributed by atoms with Gasteiger partial charge in [0.15, 0.2) is 5.69 Å². The van der Waals surface area contributed by atoms with Crippen molar-refractivity contribution in [3.63, 3.8) is 0 Å². The molecule has 1 heterocycles. The molecule has 0 aliphatic carbocycles. The minimum absolute atomic E-state index is 0.134. The maximum absolute atomic E-state index is 13.6. The second kappa shape index (κ2) is 6.64. The molecule has 0 aliphatic heterocycles. The third kappa shape index (κ3) is 2.95. The Morgan fingerprint density at radius 3 is 2.67 bits per heavy atom. The Hall–Kier alpha value is -3.54. The van der Waals surface area contributed by atoms with Crippen LogP contribution in [0.4, 0.5) is 10.1 Å². The molecule has 0 atom stereocenters. The van der Waals surface area contributed by atoms with E-state index in [-0.39, 0.29) is 11.1 Å². The number of amides is 1. The molecule has 5 nitrogen and oxygen atoms in total. The van der Waals surface area contributed by atoms with E-state index >= 15 is 0 Å². The summed E-state index contributed by atoms with van der Waals surface area (Å²) in [6.45, 7) is 2.28. The fraction of sp³-hybridized carbons (Fsp3) is 0.0952. The SMILES string of the molecule is CCn1nc(C(=O)Nc2cccc3ccccc23)c(=O)c2cc(F)ccc21. The number of hydrogen-bond donors (Lipinski definition) is 1. The summed E-state index contributed by atoms with van der Waals surface area (Å²) in [5.41, 5.74) is 0.224. The van der Waals surface area contributed by atoms with E-state index in [2.05, 4.69) is 10.4 Å². The fourth-order valence-electron chi connectivity index (χ4n) is 3.17. The normalized spacial score (nSPS) is 11.0. The van der Waals surface area contributed by atoms with E-state index in [1.807, 2.05) is 43.3 Å². The first-order valence-electron chi connectivity index (χ1n) is 8.58. The molecular weight excluding hydrogens is 345 g/mol. The van der Waals surface area contributed by atoms with Crippen molar-refractivity contribution < 1.29 is 9.18 Å². The number of carbonyl (C=O) groups is 1. The minimum atomic E-state index is -0.621. The average Bonchev–Trinajstić information content (AvgIpc) is 2.69. The highest BCUT2D eigenvalue weighted by molar-refractivity contribution is 6.09. The van der Waals surface area contributed by atoms with Gasteiger partial charge in [0, 0.05) is 17.6 Å². The minimum Gasteiger partial charge on any atom is -0.320 e. The number of hydrogen-bond acceptors (Lipinski definition) is 3. The molecule has 0 saturated heterocycles. The van der Waals surface area contributed by atoms with Crippen LogP contribution >= 0.6 is 0 Å². The summed E-state index contributed by atoms with van der Waals surface area (Å²) >= 11 is 0. The number of nitrogens with zero attached hydrogens (tertiary/aromatic N) is 2. The van der Waals surface area contributed by atoms with Crippen molar-refractivity contribution >= 4 is 33.3 Å². The Labute approximate surface area is 154 Å². The van der Waals surface area contributed by atoms with Crippen molar-refractivity contribution in [3.8, 4) is 0 Å². The van der Waals surface area contributed by atoms with Crippen LogP contribution in [0.25, 0.3) is 21.7 Å². The standard InChI is InChI=1S/C21H16FN3O2/c1-2-25-18-11-10-14(22)12-16(18)20(26)19(24-25)21(27)23-17-9-5-7-13-6-3-4-8-15(13)17/h3-12H,2H2,1H3,(H,23,27). The van der Waals surface area contributed by atoms with Crippen LogP contribution in [0.2, 0.25) is 0 Å². The molecule has 134 valence electrons. The number of aromatic nitrogens is 2. The second-order valence-corrected chi connectivity index (χ2v) is 6.14. The summed E-state index contributed by atoms with van der Waals surface area (Å²) in [7, 11) is 0. The first-order chi connectivity index (χ1) is 13.1. The number of nitrogens with one attached hydrogen (secondary N) is 1. The predicted octanol–water partition coefficient (Wildman–Crippen LogP) is 3.96. The van der Waals surface area contributed by atoms with Gasteiger partial charge < -0.3 is 5.32 Å². The molecule has 0 radical (unpaired) electrons. The first-order valence-corrected chi connectivity index (χ1v) is 8.58. The van der Waals surface area contributed by atoms with E-state index in [9.17, 15) is 14.0 Å². The van der Waals surface area contributed by atoms with Crippen molar-refractivity contribution in [2.45, 2.75) is 13.5 Å². The van der Waals surface area contributed by atoms with Gasteiger partial charge in [-0.05, 0) is 36.6 Å². The molecule has 27 heavy (non-hydrogen) atoms. The van der Waals surface area contributed by atoms with Gasteiger partial charge in [-0.15, -0.1) is 0 Å². The highest BCUT2D eigenvalue weighted by Crippen LogP contribution is 2.23. The van der Waals surface area contributed by atoms with Crippen molar-refractivity contribution in [1.29, 1.82) is 0 Å². The summed E-state index contributed by atoms with van der Waals surface area (Å²) in [6.07, 6.45) is 0. The number of carbonyl (C=O) groups excluding carboxylic acids is 1. The number of anilines is 1. The zero-order chi connectivity index (χ0) is 19.0. The fourth-order valence-corrected chi connectivity index (χ4v) is 3.17. The molecule has 1 amide bonds. The van der Waals surface area contributed by atoms with Crippen LogP contribution in [0.1, 0.15) is 17.4 Å². The maximum atomic E-state index is 13.6. The van der Waals surface area contributed by atoms with Gasteiger partial charge in [0.25, 0.3) is 5.91 Å². The lowest BCUT2D eigenvalue weighted by molar-refractivity contribution is 0.101. The van der Waals surface area contributed by atoms with Crippen LogP contribution in [0.3, 0.4) is 0 Å². The largest absolute Gasteiger partial charge is 0.320 e. The second-order valence-electron chi connectivity index (χ2n) is 6.14. The monoisotopic (exact) mass is 361 g/mol. The average molecular weight is 361 g/mol. The van der Waals surface area contributed by atoms with E-state index in [1.54, 1.807) is 6.07 Å². The van der Waals surface area contributed by atoms with E-state index in [1.165, 1.54) is 16.8 Å². The van der Waals surface area contributed by atoms with Crippen LogP contribution in [0.5, 0.6) is 0 Å². The summed E-state index contributed by atoms with van der Waals surface area (Å²) in [4.78, 5) is 25.5.